The molecule has 0 bridgehead atoms. The third kappa shape index (κ3) is 5.34. The van der Waals surface area contributed by atoms with Crippen molar-refractivity contribution >= 4 is 17.3 Å². The van der Waals surface area contributed by atoms with Gasteiger partial charge in [0.15, 0.2) is 0 Å². The number of alkyl halides is 3. The van der Waals surface area contributed by atoms with Crippen molar-refractivity contribution in [3.63, 3.8) is 0 Å². The number of halogens is 3. The third-order valence-corrected chi connectivity index (χ3v) is 6.68. The molecule has 1 aromatic carbocycles. The summed E-state index contributed by atoms with van der Waals surface area (Å²) in [4.78, 5) is 19.2. The highest BCUT2D eigenvalue weighted by atomic mass is 19.4. The number of amides is 1. The van der Waals surface area contributed by atoms with E-state index in [1.165, 1.54) is 12.1 Å². The molecule has 1 aliphatic carbocycles. The summed E-state index contributed by atoms with van der Waals surface area (Å²) in [6, 6.07) is 9.10. The minimum atomic E-state index is -4.34. The normalized spacial score (nSPS) is 19.0. The number of hydrogen-bond acceptors (Lipinski definition) is 4. The molecule has 1 saturated carbocycles. The molecule has 1 aliphatic heterocycles. The van der Waals surface area contributed by atoms with Crippen LogP contribution in [-0.2, 0) is 11.0 Å². The molecule has 2 aliphatic rings. The third-order valence-electron chi connectivity index (χ3n) is 6.68. The molecule has 1 saturated heterocycles. The number of aromatic nitrogens is 1. The van der Waals surface area contributed by atoms with Gasteiger partial charge in [-0.2, -0.15) is 13.2 Å². The van der Waals surface area contributed by atoms with Crippen LogP contribution in [0.4, 0.5) is 24.5 Å². The average Bonchev–Trinajstić information content (AvgIpc) is 3.26. The summed E-state index contributed by atoms with van der Waals surface area (Å²) in [6.07, 6.45) is 4.65. The first-order chi connectivity index (χ1) is 15.3. The highest BCUT2D eigenvalue weighted by Gasteiger charge is 2.36. The number of hydrogen-bond donors (Lipinski definition) is 2. The first-order valence-corrected chi connectivity index (χ1v) is 11.2. The Kier molecular flexibility index (Phi) is 6.58. The van der Waals surface area contributed by atoms with Crippen molar-refractivity contribution in [2.45, 2.75) is 50.2 Å². The van der Waals surface area contributed by atoms with Gasteiger partial charge in [0, 0.05) is 49.3 Å². The van der Waals surface area contributed by atoms with Gasteiger partial charge in [0.2, 0.25) is 5.91 Å². The van der Waals surface area contributed by atoms with Gasteiger partial charge in [0.05, 0.1) is 11.1 Å². The molecule has 4 rings (SSSR count). The van der Waals surface area contributed by atoms with E-state index in [4.69, 9.17) is 0 Å². The van der Waals surface area contributed by atoms with Crippen LogP contribution in [0.15, 0.2) is 48.8 Å². The zero-order valence-electron chi connectivity index (χ0n) is 18.0. The molecular formula is C24H29F3N4O. The van der Waals surface area contributed by atoms with Crippen LogP contribution >= 0.6 is 0 Å². The second-order valence-electron chi connectivity index (χ2n) is 8.87. The number of rotatable bonds is 6. The number of pyridine rings is 1. The lowest BCUT2D eigenvalue weighted by Crippen LogP contribution is -2.49. The van der Waals surface area contributed by atoms with Crippen molar-refractivity contribution in [1.82, 2.24) is 10.3 Å². The van der Waals surface area contributed by atoms with Gasteiger partial charge in [-0.05, 0) is 62.1 Å². The summed E-state index contributed by atoms with van der Waals surface area (Å²) in [5, 5.41) is 6.56. The van der Waals surface area contributed by atoms with E-state index in [0.29, 0.717) is 12.2 Å². The van der Waals surface area contributed by atoms with Crippen molar-refractivity contribution in [3.05, 3.63) is 54.4 Å². The van der Waals surface area contributed by atoms with E-state index in [1.54, 1.807) is 12.4 Å². The maximum Gasteiger partial charge on any atom is 0.416 e. The van der Waals surface area contributed by atoms with Crippen LogP contribution in [0.1, 0.15) is 44.1 Å². The minimum absolute atomic E-state index is 0.0161. The van der Waals surface area contributed by atoms with Crippen molar-refractivity contribution in [2.24, 2.45) is 5.92 Å². The molecule has 32 heavy (non-hydrogen) atoms. The van der Waals surface area contributed by atoms with Gasteiger partial charge in [0.25, 0.3) is 0 Å². The summed E-state index contributed by atoms with van der Waals surface area (Å²) in [6.45, 7) is 2.14. The van der Waals surface area contributed by atoms with Crippen molar-refractivity contribution in [1.29, 1.82) is 0 Å². The lowest BCUT2D eigenvalue weighted by atomic mass is 9.93. The zero-order chi connectivity index (χ0) is 22.6. The van der Waals surface area contributed by atoms with Crippen molar-refractivity contribution < 1.29 is 18.0 Å². The van der Waals surface area contributed by atoms with E-state index in [2.05, 4.69) is 20.5 Å². The van der Waals surface area contributed by atoms with E-state index in [9.17, 15) is 18.0 Å². The molecule has 1 aromatic heterocycles. The molecule has 5 nitrogen and oxygen atoms in total. The van der Waals surface area contributed by atoms with E-state index in [0.717, 1.165) is 69.4 Å². The molecule has 2 heterocycles. The number of nitrogens with zero attached hydrogens (tertiary/aromatic N) is 2. The number of carbonyl (C=O) groups is 1. The Hall–Kier alpha value is -2.77. The maximum absolute atomic E-state index is 12.9. The standard InChI is InChI=1S/C24H29F3N4O/c25-24(26,27)19-3-5-20(6-4-19)30-23(11-1-2-12-23)17-29-22(32)18-9-15-31(16-10-18)21-7-13-28-14-8-21/h3-8,13-14,18,30H,1-2,9-12,15-17H2,(H,29,32). The fourth-order valence-electron chi connectivity index (χ4n) is 4.80. The molecular weight excluding hydrogens is 417 g/mol. The van der Waals surface area contributed by atoms with Crippen LogP contribution in [0.3, 0.4) is 0 Å². The number of piperidine rings is 1. The largest absolute Gasteiger partial charge is 0.416 e. The Labute approximate surface area is 186 Å². The summed E-state index contributed by atoms with van der Waals surface area (Å²) in [5.74, 6) is 0.0532. The van der Waals surface area contributed by atoms with Gasteiger partial charge in [-0.3, -0.25) is 9.78 Å². The monoisotopic (exact) mass is 446 g/mol. The van der Waals surface area contributed by atoms with E-state index >= 15 is 0 Å². The smallest absolute Gasteiger partial charge is 0.378 e. The van der Waals surface area contributed by atoms with Crippen LogP contribution in [0.5, 0.6) is 0 Å². The van der Waals surface area contributed by atoms with Crippen LogP contribution in [0, 0.1) is 5.92 Å². The molecule has 1 amide bonds. The molecule has 172 valence electrons. The van der Waals surface area contributed by atoms with E-state index < -0.39 is 11.7 Å². The Morgan fingerprint density at radius 2 is 1.66 bits per heavy atom. The van der Waals surface area contributed by atoms with Crippen LogP contribution < -0.4 is 15.5 Å². The summed E-state index contributed by atoms with van der Waals surface area (Å²) in [7, 11) is 0. The van der Waals surface area contributed by atoms with Crippen molar-refractivity contribution in [3.8, 4) is 0 Å². The number of carbonyl (C=O) groups excluding carboxylic acids is 1. The minimum Gasteiger partial charge on any atom is -0.378 e. The SMILES string of the molecule is O=C(NCC1(Nc2ccc(C(F)(F)F)cc2)CCCC1)C1CCN(c2ccncc2)CC1. The fourth-order valence-corrected chi connectivity index (χ4v) is 4.80. The van der Waals surface area contributed by atoms with Gasteiger partial charge < -0.3 is 15.5 Å². The Bertz CT molecular complexity index is 888. The maximum atomic E-state index is 12.9. The summed E-state index contributed by atoms with van der Waals surface area (Å²) < 4.78 is 38.5. The van der Waals surface area contributed by atoms with Crippen LogP contribution in [-0.4, -0.2) is 36.1 Å². The zero-order valence-corrected chi connectivity index (χ0v) is 18.0. The highest BCUT2D eigenvalue weighted by Crippen LogP contribution is 2.35. The predicted molar refractivity (Wildman–Crippen MR) is 118 cm³/mol. The molecule has 2 aromatic rings. The van der Waals surface area contributed by atoms with Crippen LogP contribution in [0.2, 0.25) is 0 Å². The van der Waals surface area contributed by atoms with Gasteiger partial charge >= 0.3 is 6.18 Å². The Morgan fingerprint density at radius 3 is 2.25 bits per heavy atom. The number of benzene rings is 1. The number of anilines is 2. The van der Waals surface area contributed by atoms with Gasteiger partial charge in [-0.1, -0.05) is 12.8 Å². The molecule has 0 radical (unpaired) electrons. The highest BCUT2D eigenvalue weighted by molar-refractivity contribution is 5.79. The Morgan fingerprint density at radius 1 is 1.03 bits per heavy atom. The lowest BCUT2D eigenvalue weighted by molar-refractivity contribution is -0.137. The Balaban J connectivity index is 1.31. The topological polar surface area (TPSA) is 57.3 Å². The van der Waals surface area contributed by atoms with Gasteiger partial charge in [0.1, 0.15) is 0 Å². The fraction of sp³-hybridized carbons (Fsp3) is 0.500. The molecule has 0 atom stereocenters. The van der Waals surface area contributed by atoms with Gasteiger partial charge in [-0.15, -0.1) is 0 Å². The molecule has 2 fully saturated rings. The second kappa shape index (κ2) is 9.38. The number of nitrogens with one attached hydrogen (secondary N) is 2. The predicted octanol–water partition coefficient (Wildman–Crippen LogP) is 4.86. The first-order valence-electron chi connectivity index (χ1n) is 11.2. The van der Waals surface area contributed by atoms with E-state index in [1.807, 2.05) is 12.1 Å². The van der Waals surface area contributed by atoms with Crippen molar-refractivity contribution in [2.75, 3.05) is 29.9 Å². The molecule has 8 heteroatoms. The molecule has 2 N–H and O–H groups in total. The quantitative estimate of drug-likeness (QED) is 0.666. The molecule has 0 unspecified atom stereocenters. The lowest BCUT2D eigenvalue weighted by Gasteiger charge is -2.35. The first kappa shape index (κ1) is 22.4. The summed E-state index contributed by atoms with van der Waals surface area (Å²) in [5.41, 5.74) is 0.812. The molecule has 0 spiro atoms. The summed E-state index contributed by atoms with van der Waals surface area (Å²) >= 11 is 0. The van der Waals surface area contributed by atoms with Crippen LogP contribution in [0.25, 0.3) is 0 Å². The van der Waals surface area contributed by atoms with E-state index in [-0.39, 0.29) is 17.4 Å². The average molecular weight is 447 g/mol. The second-order valence-corrected chi connectivity index (χ2v) is 8.87. The van der Waals surface area contributed by atoms with Gasteiger partial charge in [-0.25, -0.2) is 0 Å².